The standard InChI is InChI=1S/C16H22N2O2S/c1-12(9-10-21(2)20)18-16(19)8-7-13-11-17-15-6-4-3-5-14(13)15/h3-6,11-12,17H,7-10H2,1-2H3,(H,18,19). The van der Waals surface area contributed by atoms with Crippen molar-refractivity contribution in [3.63, 3.8) is 0 Å². The van der Waals surface area contributed by atoms with E-state index in [1.54, 1.807) is 6.26 Å². The molecule has 0 radical (unpaired) electrons. The number of hydrogen-bond acceptors (Lipinski definition) is 2. The van der Waals surface area contributed by atoms with E-state index >= 15 is 0 Å². The Kier molecular flexibility index (Phi) is 5.56. The van der Waals surface area contributed by atoms with Gasteiger partial charge in [0.15, 0.2) is 0 Å². The third-order valence-electron chi connectivity index (χ3n) is 3.54. The van der Waals surface area contributed by atoms with Gasteiger partial charge in [-0.3, -0.25) is 9.00 Å². The summed E-state index contributed by atoms with van der Waals surface area (Å²) in [6.07, 6.45) is 5.61. The van der Waals surface area contributed by atoms with E-state index in [-0.39, 0.29) is 11.9 Å². The van der Waals surface area contributed by atoms with Gasteiger partial charge in [0.2, 0.25) is 5.91 Å². The Morgan fingerprint density at radius 2 is 2.14 bits per heavy atom. The molecule has 0 saturated carbocycles. The van der Waals surface area contributed by atoms with Crippen LogP contribution >= 0.6 is 0 Å². The first-order valence-corrected chi connectivity index (χ1v) is 8.93. The van der Waals surface area contributed by atoms with Crippen molar-refractivity contribution in [1.29, 1.82) is 0 Å². The highest BCUT2D eigenvalue weighted by Crippen LogP contribution is 2.18. The van der Waals surface area contributed by atoms with E-state index in [4.69, 9.17) is 0 Å². The second-order valence-electron chi connectivity index (χ2n) is 5.39. The Hall–Kier alpha value is -1.62. The molecule has 2 N–H and O–H groups in total. The van der Waals surface area contributed by atoms with Crippen LogP contribution in [0.2, 0.25) is 0 Å². The summed E-state index contributed by atoms with van der Waals surface area (Å²) in [5, 5.41) is 4.14. The fourth-order valence-electron chi connectivity index (χ4n) is 2.35. The van der Waals surface area contributed by atoms with Crippen molar-refractivity contribution in [2.75, 3.05) is 12.0 Å². The molecule has 0 spiro atoms. The van der Waals surface area contributed by atoms with Gasteiger partial charge in [-0.15, -0.1) is 0 Å². The Morgan fingerprint density at radius 1 is 1.38 bits per heavy atom. The average Bonchev–Trinajstić information content (AvgIpc) is 2.86. The van der Waals surface area contributed by atoms with Crippen LogP contribution in [-0.4, -0.2) is 33.2 Å². The van der Waals surface area contributed by atoms with Crippen molar-refractivity contribution >= 4 is 27.6 Å². The normalized spacial score (nSPS) is 14.0. The molecule has 0 bridgehead atoms. The molecule has 0 aliphatic rings. The van der Waals surface area contributed by atoms with Gasteiger partial charge in [0.1, 0.15) is 0 Å². The summed E-state index contributed by atoms with van der Waals surface area (Å²) in [4.78, 5) is 15.2. The Morgan fingerprint density at radius 3 is 2.90 bits per heavy atom. The van der Waals surface area contributed by atoms with E-state index < -0.39 is 10.8 Å². The summed E-state index contributed by atoms with van der Waals surface area (Å²) in [5.41, 5.74) is 2.27. The molecule has 0 fully saturated rings. The Balaban J connectivity index is 1.82. The lowest BCUT2D eigenvalue weighted by molar-refractivity contribution is -0.121. The summed E-state index contributed by atoms with van der Waals surface area (Å²) in [6, 6.07) is 8.18. The number of rotatable bonds is 7. The fourth-order valence-corrected chi connectivity index (χ4v) is 3.03. The van der Waals surface area contributed by atoms with Crippen LogP contribution in [0.1, 0.15) is 25.3 Å². The molecule has 2 aromatic rings. The third kappa shape index (κ3) is 4.70. The maximum atomic E-state index is 11.9. The quantitative estimate of drug-likeness (QED) is 0.825. The van der Waals surface area contributed by atoms with E-state index in [1.807, 2.05) is 31.3 Å². The molecule has 2 unspecified atom stereocenters. The first kappa shape index (κ1) is 15.8. The number of H-pyrrole nitrogens is 1. The van der Waals surface area contributed by atoms with Crippen LogP contribution in [0.15, 0.2) is 30.5 Å². The number of benzene rings is 1. The highest BCUT2D eigenvalue weighted by Gasteiger charge is 2.10. The van der Waals surface area contributed by atoms with Gasteiger partial charge in [0.05, 0.1) is 0 Å². The number of amides is 1. The van der Waals surface area contributed by atoms with Crippen LogP contribution in [0, 0.1) is 0 Å². The molecule has 0 aliphatic carbocycles. The number of aryl methyl sites for hydroxylation is 1. The highest BCUT2D eigenvalue weighted by molar-refractivity contribution is 7.84. The van der Waals surface area contributed by atoms with E-state index in [2.05, 4.69) is 16.4 Å². The fraction of sp³-hybridized carbons (Fsp3) is 0.438. The zero-order valence-corrected chi connectivity index (χ0v) is 13.3. The largest absolute Gasteiger partial charge is 0.361 e. The summed E-state index contributed by atoms with van der Waals surface area (Å²) >= 11 is 0. The first-order chi connectivity index (χ1) is 10.1. The molecule has 1 aromatic carbocycles. The Bertz CT molecular complexity index is 636. The molecule has 1 amide bonds. The van der Waals surface area contributed by atoms with Gasteiger partial charge in [0, 0.05) is 52.4 Å². The maximum Gasteiger partial charge on any atom is 0.220 e. The number of fused-ring (bicyclic) bond motifs is 1. The average molecular weight is 306 g/mol. The minimum Gasteiger partial charge on any atom is -0.361 e. The van der Waals surface area contributed by atoms with Crippen molar-refractivity contribution in [1.82, 2.24) is 10.3 Å². The predicted molar refractivity (Wildman–Crippen MR) is 87.8 cm³/mol. The second-order valence-corrected chi connectivity index (χ2v) is 6.95. The van der Waals surface area contributed by atoms with Crippen molar-refractivity contribution in [2.45, 2.75) is 32.2 Å². The van der Waals surface area contributed by atoms with Crippen LogP contribution in [0.4, 0.5) is 0 Å². The van der Waals surface area contributed by atoms with Crippen molar-refractivity contribution in [3.05, 3.63) is 36.0 Å². The second kappa shape index (κ2) is 7.41. The Labute approximate surface area is 127 Å². The van der Waals surface area contributed by atoms with Gasteiger partial charge < -0.3 is 10.3 Å². The lowest BCUT2D eigenvalue weighted by Crippen LogP contribution is -2.33. The van der Waals surface area contributed by atoms with Gasteiger partial charge in [-0.2, -0.15) is 0 Å². The molecule has 0 aliphatic heterocycles. The molecule has 4 nitrogen and oxygen atoms in total. The number of aromatic amines is 1. The molecule has 2 atom stereocenters. The van der Waals surface area contributed by atoms with Gasteiger partial charge in [-0.05, 0) is 31.4 Å². The summed E-state index contributed by atoms with van der Waals surface area (Å²) < 4.78 is 11.0. The molecule has 114 valence electrons. The van der Waals surface area contributed by atoms with E-state index in [1.165, 1.54) is 10.9 Å². The molecule has 1 aromatic heterocycles. The lowest BCUT2D eigenvalue weighted by Gasteiger charge is -2.12. The lowest BCUT2D eigenvalue weighted by atomic mass is 10.1. The van der Waals surface area contributed by atoms with Crippen LogP contribution < -0.4 is 5.32 Å². The minimum atomic E-state index is -0.800. The molecular weight excluding hydrogens is 284 g/mol. The van der Waals surface area contributed by atoms with Crippen LogP contribution in [-0.2, 0) is 22.0 Å². The van der Waals surface area contributed by atoms with Gasteiger partial charge in [-0.25, -0.2) is 0 Å². The molecule has 0 saturated heterocycles. The third-order valence-corrected chi connectivity index (χ3v) is 4.35. The van der Waals surface area contributed by atoms with Gasteiger partial charge in [-0.1, -0.05) is 18.2 Å². The molecule has 5 heteroatoms. The van der Waals surface area contributed by atoms with Crippen molar-refractivity contribution in [2.24, 2.45) is 0 Å². The van der Waals surface area contributed by atoms with E-state index in [0.717, 1.165) is 18.4 Å². The molecular formula is C16H22N2O2S. The van der Waals surface area contributed by atoms with E-state index in [0.29, 0.717) is 12.2 Å². The first-order valence-electron chi connectivity index (χ1n) is 7.20. The SMILES string of the molecule is CC(CCS(C)=O)NC(=O)CCc1c[nH]c2ccccc12. The summed E-state index contributed by atoms with van der Waals surface area (Å²) in [6.45, 7) is 1.95. The van der Waals surface area contributed by atoms with Gasteiger partial charge in [0.25, 0.3) is 0 Å². The smallest absolute Gasteiger partial charge is 0.220 e. The number of nitrogens with one attached hydrogen (secondary N) is 2. The van der Waals surface area contributed by atoms with Gasteiger partial charge >= 0.3 is 0 Å². The number of aromatic nitrogens is 1. The monoisotopic (exact) mass is 306 g/mol. The number of para-hydroxylation sites is 1. The number of carbonyl (C=O) groups excluding carboxylic acids is 1. The van der Waals surface area contributed by atoms with Crippen molar-refractivity contribution in [3.8, 4) is 0 Å². The maximum absolute atomic E-state index is 11.9. The highest BCUT2D eigenvalue weighted by atomic mass is 32.2. The summed E-state index contributed by atoms with van der Waals surface area (Å²) in [5.74, 6) is 0.679. The number of hydrogen-bond donors (Lipinski definition) is 2. The van der Waals surface area contributed by atoms with Crippen LogP contribution in [0.5, 0.6) is 0 Å². The van der Waals surface area contributed by atoms with Crippen molar-refractivity contribution < 1.29 is 9.00 Å². The van der Waals surface area contributed by atoms with E-state index in [9.17, 15) is 9.00 Å². The molecule has 21 heavy (non-hydrogen) atoms. The zero-order valence-electron chi connectivity index (χ0n) is 12.5. The molecule has 1 heterocycles. The zero-order chi connectivity index (χ0) is 15.2. The predicted octanol–water partition coefficient (Wildman–Crippen LogP) is 2.37. The topological polar surface area (TPSA) is 62.0 Å². The minimum absolute atomic E-state index is 0.0506. The summed E-state index contributed by atoms with van der Waals surface area (Å²) in [7, 11) is -0.800. The van der Waals surface area contributed by atoms with Crippen LogP contribution in [0.25, 0.3) is 10.9 Å². The molecule has 2 rings (SSSR count). The number of carbonyl (C=O) groups is 1. The van der Waals surface area contributed by atoms with Crippen LogP contribution in [0.3, 0.4) is 0 Å².